The Bertz CT molecular complexity index is 1170. The molecule has 0 radical (unpaired) electrons. The fourth-order valence-electron chi connectivity index (χ4n) is 3.72. The maximum atomic E-state index is 14.3. The number of rotatable bonds is 5. The second-order valence-electron chi connectivity index (χ2n) is 8.41. The highest BCUT2D eigenvalue weighted by Crippen LogP contribution is 2.33. The standard InChI is InChI=1S/C25H24F2N2O3/c1-15-9-17(26)11-22(27)21(15)13-29-14-28-24(30)20-12-19(7-8-23(20)29)32-18-6-4-5-16(10-18)25(2,3)31/h4-12,31H,13-14H2,1-3H3,(H,28,30). The lowest BCUT2D eigenvalue weighted by Gasteiger charge is -2.32. The maximum absolute atomic E-state index is 14.3. The van der Waals surface area contributed by atoms with Crippen molar-refractivity contribution in [1.29, 1.82) is 0 Å². The van der Waals surface area contributed by atoms with Crippen LogP contribution in [0.4, 0.5) is 14.5 Å². The average molecular weight is 438 g/mol. The zero-order valence-corrected chi connectivity index (χ0v) is 18.1. The van der Waals surface area contributed by atoms with Crippen LogP contribution >= 0.6 is 0 Å². The molecule has 3 aromatic carbocycles. The molecular weight excluding hydrogens is 414 g/mol. The molecule has 2 N–H and O–H groups in total. The van der Waals surface area contributed by atoms with E-state index >= 15 is 0 Å². The van der Waals surface area contributed by atoms with E-state index in [1.165, 1.54) is 6.07 Å². The molecule has 1 aliphatic rings. The van der Waals surface area contributed by atoms with Crippen LogP contribution in [0.1, 0.15) is 40.9 Å². The van der Waals surface area contributed by atoms with E-state index in [0.717, 1.165) is 6.07 Å². The predicted octanol–water partition coefficient (Wildman–Crippen LogP) is 5.00. The molecule has 1 heterocycles. The lowest BCUT2D eigenvalue weighted by Crippen LogP contribution is -2.43. The summed E-state index contributed by atoms with van der Waals surface area (Å²) in [5, 5.41) is 13.0. The molecule has 0 saturated heterocycles. The Hall–Kier alpha value is -3.45. The van der Waals surface area contributed by atoms with Crippen LogP contribution in [-0.2, 0) is 12.1 Å². The average Bonchev–Trinajstić information content (AvgIpc) is 2.72. The Labute approximate surface area is 185 Å². The van der Waals surface area contributed by atoms with Crippen LogP contribution in [0.3, 0.4) is 0 Å². The number of anilines is 1. The SMILES string of the molecule is Cc1cc(F)cc(F)c1CN1CNC(=O)c2cc(Oc3cccc(C(C)(C)O)c3)ccc21. The molecule has 0 spiro atoms. The first-order valence-electron chi connectivity index (χ1n) is 10.2. The van der Waals surface area contributed by atoms with Crippen molar-refractivity contribution in [2.24, 2.45) is 0 Å². The monoisotopic (exact) mass is 438 g/mol. The summed E-state index contributed by atoms with van der Waals surface area (Å²) in [5.74, 6) is -0.512. The van der Waals surface area contributed by atoms with E-state index in [2.05, 4.69) is 5.32 Å². The van der Waals surface area contributed by atoms with Gasteiger partial charge in [-0.15, -0.1) is 0 Å². The summed E-state index contributed by atoms with van der Waals surface area (Å²) in [6.45, 7) is 5.42. The largest absolute Gasteiger partial charge is 0.457 e. The number of ether oxygens (including phenoxy) is 1. The van der Waals surface area contributed by atoms with Crippen molar-refractivity contribution in [1.82, 2.24) is 5.32 Å². The molecule has 0 aliphatic carbocycles. The lowest BCUT2D eigenvalue weighted by atomic mass is 9.98. The van der Waals surface area contributed by atoms with Gasteiger partial charge in [-0.2, -0.15) is 0 Å². The van der Waals surface area contributed by atoms with Gasteiger partial charge < -0.3 is 20.1 Å². The van der Waals surface area contributed by atoms with Crippen molar-refractivity contribution in [3.8, 4) is 11.5 Å². The Morgan fingerprint density at radius 1 is 1.09 bits per heavy atom. The van der Waals surface area contributed by atoms with Crippen LogP contribution in [0.5, 0.6) is 11.5 Å². The fraction of sp³-hybridized carbons (Fsp3) is 0.240. The van der Waals surface area contributed by atoms with Crippen molar-refractivity contribution >= 4 is 11.6 Å². The quantitative estimate of drug-likeness (QED) is 0.589. The van der Waals surface area contributed by atoms with Crippen molar-refractivity contribution in [2.75, 3.05) is 11.6 Å². The van der Waals surface area contributed by atoms with Gasteiger partial charge in [0.15, 0.2) is 0 Å². The zero-order chi connectivity index (χ0) is 23.0. The van der Waals surface area contributed by atoms with Crippen LogP contribution < -0.4 is 15.0 Å². The number of carbonyl (C=O) groups is 1. The lowest BCUT2D eigenvalue weighted by molar-refractivity contribution is 0.0783. The first kappa shape index (κ1) is 21.8. The summed E-state index contributed by atoms with van der Waals surface area (Å²) in [6, 6.07) is 14.4. The molecule has 0 aromatic heterocycles. The minimum Gasteiger partial charge on any atom is -0.457 e. The normalized spacial score (nSPS) is 13.6. The molecule has 1 aliphatic heterocycles. The Kier molecular flexibility index (Phi) is 5.60. The number of nitrogens with one attached hydrogen (secondary N) is 1. The van der Waals surface area contributed by atoms with Gasteiger partial charge in [0.25, 0.3) is 5.91 Å². The number of benzene rings is 3. The molecule has 1 amide bonds. The molecular formula is C25H24F2N2O3. The van der Waals surface area contributed by atoms with E-state index in [1.54, 1.807) is 57.2 Å². The Balaban J connectivity index is 1.62. The van der Waals surface area contributed by atoms with Gasteiger partial charge in [0.2, 0.25) is 0 Å². The molecule has 0 bridgehead atoms. The fourth-order valence-corrected chi connectivity index (χ4v) is 3.72. The van der Waals surface area contributed by atoms with Gasteiger partial charge in [-0.25, -0.2) is 8.78 Å². The third kappa shape index (κ3) is 4.43. The summed E-state index contributed by atoms with van der Waals surface area (Å²) in [6.07, 6.45) is 0. The molecule has 0 fully saturated rings. The summed E-state index contributed by atoms with van der Waals surface area (Å²) in [5.41, 5.74) is 1.60. The van der Waals surface area contributed by atoms with Crippen molar-refractivity contribution in [3.05, 3.63) is 88.5 Å². The number of hydrogen-bond acceptors (Lipinski definition) is 4. The minimum absolute atomic E-state index is 0.180. The first-order valence-corrected chi connectivity index (χ1v) is 10.2. The number of hydrogen-bond donors (Lipinski definition) is 2. The molecule has 166 valence electrons. The smallest absolute Gasteiger partial charge is 0.254 e. The minimum atomic E-state index is -1.01. The number of nitrogens with zero attached hydrogens (tertiary/aromatic N) is 1. The summed E-state index contributed by atoms with van der Waals surface area (Å²) in [4.78, 5) is 14.3. The Morgan fingerprint density at radius 2 is 1.84 bits per heavy atom. The number of carbonyl (C=O) groups excluding carboxylic acids is 1. The van der Waals surface area contributed by atoms with Crippen LogP contribution in [-0.4, -0.2) is 17.7 Å². The van der Waals surface area contributed by atoms with Crippen LogP contribution in [0.25, 0.3) is 0 Å². The highest BCUT2D eigenvalue weighted by molar-refractivity contribution is 6.02. The summed E-state index contributed by atoms with van der Waals surface area (Å²) < 4.78 is 33.7. The second kappa shape index (κ2) is 8.24. The molecule has 7 heteroatoms. The zero-order valence-electron chi connectivity index (χ0n) is 18.1. The highest BCUT2D eigenvalue weighted by Gasteiger charge is 2.25. The molecule has 0 atom stereocenters. The number of aliphatic hydroxyl groups is 1. The summed E-state index contributed by atoms with van der Waals surface area (Å²) in [7, 11) is 0. The van der Waals surface area contributed by atoms with Crippen molar-refractivity contribution in [2.45, 2.75) is 32.9 Å². The van der Waals surface area contributed by atoms with Crippen LogP contribution in [0.2, 0.25) is 0 Å². The molecule has 4 rings (SSSR count). The molecule has 32 heavy (non-hydrogen) atoms. The number of aryl methyl sites for hydroxylation is 1. The van der Waals surface area contributed by atoms with Gasteiger partial charge in [-0.1, -0.05) is 12.1 Å². The number of halogens is 2. The molecule has 0 saturated carbocycles. The van der Waals surface area contributed by atoms with Gasteiger partial charge in [0.1, 0.15) is 23.1 Å². The predicted molar refractivity (Wildman–Crippen MR) is 118 cm³/mol. The van der Waals surface area contributed by atoms with E-state index in [-0.39, 0.29) is 19.1 Å². The van der Waals surface area contributed by atoms with Crippen LogP contribution in [0, 0.1) is 18.6 Å². The van der Waals surface area contributed by atoms with Gasteiger partial charge in [-0.05, 0) is 68.3 Å². The van der Waals surface area contributed by atoms with E-state index < -0.39 is 17.2 Å². The van der Waals surface area contributed by atoms with Gasteiger partial charge in [0.05, 0.1) is 23.5 Å². The van der Waals surface area contributed by atoms with Crippen LogP contribution in [0.15, 0.2) is 54.6 Å². The van der Waals surface area contributed by atoms with E-state index in [1.807, 2.05) is 11.0 Å². The van der Waals surface area contributed by atoms with E-state index in [9.17, 15) is 18.7 Å². The summed E-state index contributed by atoms with van der Waals surface area (Å²) >= 11 is 0. The van der Waals surface area contributed by atoms with Crippen molar-refractivity contribution in [3.63, 3.8) is 0 Å². The second-order valence-corrected chi connectivity index (χ2v) is 8.41. The van der Waals surface area contributed by atoms with Crippen molar-refractivity contribution < 1.29 is 23.4 Å². The number of amides is 1. The van der Waals surface area contributed by atoms with Gasteiger partial charge in [-0.3, -0.25) is 4.79 Å². The molecule has 5 nitrogen and oxygen atoms in total. The topological polar surface area (TPSA) is 61.8 Å². The maximum Gasteiger partial charge on any atom is 0.254 e. The van der Waals surface area contributed by atoms with E-state index in [4.69, 9.17) is 4.74 Å². The van der Waals surface area contributed by atoms with Gasteiger partial charge in [0, 0.05) is 18.2 Å². The third-order valence-electron chi connectivity index (χ3n) is 5.49. The third-order valence-corrected chi connectivity index (χ3v) is 5.49. The highest BCUT2D eigenvalue weighted by atomic mass is 19.1. The Morgan fingerprint density at radius 3 is 2.56 bits per heavy atom. The number of fused-ring (bicyclic) bond motifs is 1. The first-order chi connectivity index (χ1) is 15.1. The van der Waals surface area contributed by atoms with E-state index in [0.29, 0.717) is 39.4 Å². The molecule has 3 aromatic rings. The van der Waals surface area contributed by atoms with Gasteiger partial charge >= 0.3 is 0 Å². The molecule has 0 unspecified atom stereocenters.